The summed E-state index contributed by atoms with van der Waals surface area (Å²) in [7, 11) is 0. The molecule has 0 unspecified atom stereocenters. The van der Waals surface area contributed by atoms with Gasteiger partial charge in [0, 0.05) is 15.6 Å². The molecular formula is C23H18Cl2N2O4S. The van der Waals surface area contributed by atoms with Crippen molar-refractivity contribution in [1.82, 2.24) is 0 Å². The quantitative estimate of drug-likeness (QED) is 0.358. The molecule has 0 radical (unpaired) electrons. The third-order valence-electron chi connectivity index (χ3n) is 4.25. The van der Waals surface area contributed by atoms with E-state index in [2.05, 4.69) is 10.6 Å². The Labute approximate surface area is 198 Å². The molecule has 0 saturated heterocycles. The lowest BCUT2D eigenvalue weighted by atomic mass is 10.1. The smallest absolute Gasteiger partial charge is 0.335 e. The number of hydrogen-bond acceptors (Lipinski definition) is 4. The number of aromatic carboxylic acids is 1. The maximum absolute atomic E-state index is 12.3. The highest BCUT2D eigenvalue weighted by molar-refractivity contribution is 8.00. The van der Waals surface area contributed by atoms with Gasteiger partial charge in [-0.1, -0.05) is 41.4 Å². The molecule has 0 aliphatic carbocycles. The number of hydrogen-bond donors (Lipinski definition) is 3. The average Bonchev–Trinajstić information content (AvgIpc) is 2.75. The lowest BCUT2D eigenvalue weighted by Crippen LogP contribution is -2.15. The Morgan fingerprint density at radius 2 is 1.62 bits per heavy atom. The van der Waals surface area contributed by atoms with Gasteiger partial charge >= 0.3 is 5.97 Å². The number of halogens is 2. The summed E-state index contributed by atoms with van der Waals surface area (Å²) in [5.74, 6) is -1.53. The second kappa shape index (κ2) is 11.0. The van der Waals surface area contributed by atoms with E-state index < -0.39 is 5.97 Å². The Morgan fingerprint density at radius 1 is 0.875 bits per heavy atom. The van der Waals surface area contributed by atoms with Crippen LogP contribution in [0.25, 0.3) is 0 Å². The van der Waals surface area contributed by atoms with Crippen LogP contribution in [-0.2, 0) is 16.0 Å². The molecule has 0 saturated carbocycles. The fourth-order valence-electron chi connectivity index (χ4n) is 2.75. The third-order valence-corrected chi connectivity index (χ3v) is 5.83. The van der Waals surface area contributed by atoms with Gasteiger partial charge in [-0.15, -0.1) is 11.8 Å². The van der Waals surface area contributed by atoms with Crippen LogP contribution in [0.4, 0.5) is 11.4 Å². The normalized spacial score (nSPS) is 10.4. The van der Waals surface area contributed by atoms with Crippen molar-refractivity contribution < 1.29 is 19.5 Å². The summed E-state index contributed by atoms with van der Waals surface area (Å²) >= 11 is 13.2. The molecule has 3 aromatic carbocycles. The SMILES string of the molecule is O=C(Cc1ccc(Cl)cc1)Nc1cccc(SCC(=O)Nc2cc(C(=O)O)ccc2Cl)c1. The predicted octanol–water partition coefficient (Wildman–Crippen LogP) is 5.60. The van der Waals surface area contributed by atoms with Crippen LogP contribution in [0.1, 0.15) is 15.9 Å². The lowest BCUT2D eigenvalue weighted by molar-refractivity contribution is -0.115. The second-order valence-corrected chi connectivity index (χ2v) is 8.61. The molecule has 0 heterocycles. The number of benzene rings is 3. The van der Waals surface area contributed by atoms with E-state index in [0.29, 0.717) is 10.7 Å². The van der Waals surface area contributed by atoms with Crippen molar-refractivity contribution in [3.63, 3.8) is 0 Å². The molecule has 0 spiro atoms. The number of amides is 2. The number of carboxylic acids is 1. The maximum atomic E-state index is 12.3. The molecule has 0 bridgehead atoms. The Morgan fingerprint density at radius 3 is 2.34 bits per heavy atom. The summed E-state index contributed by atoms with van der Waals surface area (Å²) in [4.78, 5) is 36.5. The van der Waals surface area contributed by atoms with Gasteiger partial charge in [0.15, 0.2) is 0 Å². The number of thioether (sulfide) groups is 1. The summed E-state index contributed by atoms with van der Waals surface area (Å²) in [5.41, 5.74) is 1.73. The molecule has 32 heavy (non-hydrogen) atoms. The molecule has 6 nitrogen and oxygen atoms in total. The minimum absolute atomic E-state index is 0.0272. The van der Waals surface area contributed by atoms with E-state index in [1.807, 2.05) is 6.07 Å². The van der Waals surface area contributed by atoms with E-state index >= 15 is 0 Å². The van der Waals surface area contributed by atoms with Gasteiger partial charge in [-0.25, -0.2) is 4.79 Å². The Kier molecular flexibility index (Phi) is 8.16. The van der Waals surface area contributed by atoms with Crippen LogP contribution in [0.2, 0.25) is 10.0 Å². The van der Waals surface area contributed by atoms with Crippen LogP contribution in [0, 0.1) is 0 Å². The Bertz CT molecular complexity index is 1150. The fourth-order valence-corrected chi connectivity index (χ4v) is 3.79. The van der Waals surface area contributed by atoms with Crippen LogP contribution in [-0.4, -0.2) is 28.6 Å². The average molecular weight is 489 g/mol. The largest absolute Gasteiger partial charge is 0.478 e. The van der Waals surface area contributed by atoms with Crippen molar-refractivity contribution in [2.45, 2.75) is 11.3 Å². The first-order chi connectivity index (χ1) is 15.3. The topological polar surface area (TPSA) is 95.5 Å². The van der Waals surface area contributed by atoms with E-state index in [0.717, 1.165) is 10.5 Å². The Hall–Kier alpha value is -3.00. The molecular weight excluding hydrogens is 471 g/mol. The highest BCUT2D eigenvalue weighted by Crippen LogP contribution is 2.25. The molecule has 0 fully saturated rings. The van der Waals surface area contributed by atoms with E-state index in [9.17, 15) is 14.4 Å². The number of nitrogens with one attached hydrogen (secondary N) is 2. The molecule has 2 amide bonds. The molecule has 3 N–H and O–H groups in total. The second-order valence-electron chi connectivity index (χ2n) is 6.72. The van der Waals surface area contributed by atoms with Crippen LogP contribution in [0.15, 0.2) is 71.6 Å². The number of carbonyl (C=O) groups is 3. The van der Waals surface area contributed by atoms with Crippen molar-refractivity contribution in [2.75, 3.05) is 16.4 Å². The van der Waals surface area contributed by atoms with Gasteiger partial charge < -0.3 is 15.7 Å². The van der Waals surface area contributed by atoms with Gasteiger partial charge in [0.2, 0.25) is 11.8 Å². The molecule has 3 rings (SSSR count). The minimum Gasteiger partial charge on any atom is -0.478 e. The van der Waals surface area contributed by atoms with Gasteiger partial charge in [0.1, 0.15) is 0 Å². The monoisotopic (exact) mass is 488 g/mol. The zero-order valence-electron chi connectivity index (χ0n) is 16.6. The first kappa shape index (κ1) is 23.7. The summed E-state index contributed by atoms with van der Waals surface area (Å²) in [5, 5.41) is 15.4. The first-order valence-corrected chi connectivity index (χ1v) is 11.1. The molecule has 164 valence electrons. The highest BCUT2D eigenvalue weighted by atomic mass is 35.5. The van der Waals surface area contributed by atoms with Crippen molar-refractivity contribution in [2.24, 2.45) is 0 Å². The van der Waals surface area contributed by atoms with Gasteiger partial charge in [0.05, 0.1) is 28.4 Å². The van der Waals surface area contributed by atoms with Crippen LogP contribution >= 0.6 is 35.0 Å². The van der Waals surface area contributed by atoms with Crippen LogP contribution in [0.3, 0.4) is 0 Å². The van der Waals surface area contributed by atoms with E-state index in [1.165, 1.54) is 30.0 Å². The molecule has 0 aromatic heterocycles. The minimum atomic E-state index is -1.11. The lowest BCUT2D eigenvalue weighted by Gasteiger charge is -2.09. The zero-order chi connectivity index (χ0) is 23.1. The molecule has 0 atom stereocenters. The van der Waals surface area contributed by atoms with Gasteiger partial charge in [-0.3, -0.25) is 9.59 Å². The van der Waals surface area contributed by atoms with Gasteiger partial charge in [0.25, 0.3) is 0 Å². The van der Waals surface area contributed by atoms with Crippen LogP contribution in [0.5, 0.6) is 0 Å². The summed E-state index contributed by atoms with van der Waals surface area (Å²) < 4.78 is 0. The number of carbonyl (C=O) groups excluding carboxylic acids is 2. The fraction of sp³-hybridized carbons (Fsp3) is 0.0870. The molecule has 3 aromatic rings. The van der Waals surface area contributed by atoms with E-state index in [4.69, 9.17) is 28.3 Å². The van der Waals surface area contributed by atoms with Crippen molar-refractivity contribution in [1.29, 1.82) is 0 Å². The maximum Gasteiger partial charge on any atom is 0.335 e. The van der Waals surface area contributed by atoms with Gasteiger partial charge in [-0.05, 0) is 54.1 Å². The Balaban J connectivity index is 1.55. The molecule has 9 heteroatoms. The molecule has 0 aliphatic rings. The number of rotatable bonds is 8. The standard InChI is InChI=1S/C23H18Cl2N2O4S/c24-16-7-4-14(5-8-16)10-21(28)26-17-2-1-3-18(12-17)32-13-22(29)27-20-11-15(23(30)31)6-9-19(20)25/h1-9,11-12H,10,13H2,(H,26,28)(H,27,29)(H,30,31). The molecule has 0 aliphatic heterocycles. The van der Waals surface area contributed by atoms with Gasteiger partial charge in [-0.2, -0.15) is 0 Å². The summed E-state index contributed by atoms with van der Waals surface area (Å²) in [6.07, 6.45) is 0.215. The van der Waals surface area contributed by atoms with Crippen molar-refractivity contribution >= 4 is 64.1 Å². The van der Waals surface area contributed by atoms with Crippen LogP contribution < -0.4 is 10.6 Å². The third kappa shape index (κ3) is 7.02. The van der Waals surface area contributed by atoms with E-state index in [1.54, 1.807) is 42.5 Å². The summed E-state index contributed by atoms with van der Waals surface area (Å²) in [6, 6.07) is 18.3. The predicted molar refractivity (Wildman–Crippen MR) is 128 cm³/mol. The van der Waals surface area contributed by atoms with E-state index in [-0.39, 0.29) is 40.3 Å². The first-order valence-electron chi connectivity index (χ1n) is 9.40. The number of anilines is 2. The number of carboxylic acid groups (broad SMARTS) is 1. The summed E-state index contributed by atoms with van der Waals surface area (Å²) in [6.45, 7) is 0. The van der Waals surface area contributed by atoms with Crippen molar-refractivity contribution in [3.05, 3.63) is 87.9 Å². The zero-order valence-corrected chi connectivity index (χ0v) is 18.9. The highest BCUT2D eigenvalue weighted by Gasteiger charge is 2.11. The van der Waals surface area contributed by atoms with Crippen molar-refractivity contribution in [3.8, 4) is 0 Å².